The largest absolute Gasteiger partial charge is 0.410 e. The van der Waals surface area contributed by atoms with Crippen LogP contribution in [0.3, 0.4) is 0 Å². The smallest absolute Gasteiger partial charge is 0.341 e. The van der Waals surface area contributed by atoms with E-state index in [0.717, 1.165) is 0 Å². The molecular weight excluding hydrogens is 202 g/mol. The molecule has 0 saturated carbocycles. The Morgan fingerprint density at radius 1 is 1.44 bits per heavy atom. The minimum Gasteiger partial charge on any atom is -0.410 e. The molecule has 1 rings (SSSR count). The van der Waals surface area contributed by atoms with Gasteiger partial charge in [0.15, 0.2) is 11.4 Å². The summed E-state index contributed by atoms with van der Waals surface area (Å²) in [4.78, 5) is 16.1. The molecule has 1 aliphatic heterocycles. The highest BCUT2D eigenvalue weighted by Gasteiger charge is 2.43. The van der Waals surface area contributed by atoms with Gasteiger partial charge >= 0.3 is 5.97 Å². The van der Waals surface area contributed by atoms with Gasteiger partial charge in [0.25, 0.3) is 0 Å². The monoisotopic (exact) mass is 217 g/mol. The molecule has 3 nitrogen and oxygen atoms in total. The molecule has 0 spiro atoms. The lowest BCUT2D eigenvalue weighted by Gasteiger charge is -2.17. The summed E-state index contributed by atoms with van der Waals surface area (Å²) in [5.74, 6) is 2.58. The molecule has 1 aliphatic rings. The number of rotatable bonds is 6. The van der Waals surface area contributed by atoms with Gasteiger partial charge in [0.1, 0.15) is 0 Å². The van der Waals surface area contributed by atoms with Crippen LogP contribution < -0.4 is 0 Å². The summed E-state index contributed by atoms with van der Waals surface area (Å²) in [5, 5.41) is 0. The Bertz CT molecular complexity index is 364. The quantitative estimate of drug-likeness (QED) is 0.389. The molecule has 0 aromatic rings. The van der Waals surface area contributed by atoms with Gasteiger partial charge in [0.05, 0.1) is 0 Å². The van der Waals surface area contributed by atoms with Gasteiger partial charge in [-0.05, 0) is 0 Å². The number of terminal acetylenes is 1. The van der Waals surface area contributed by atoms with E-state index >= 15 is 0 Å². The summed E-state index contributed by atoms with van der Waals surface area (Å²) in [5.41, 5.74) is -0.854. The van der Waals surface area contributed by atoms with Crippen molar-refractivity contribution in [2.45, 2.75) is 31.2 Å². The molecule has 0 saturated heterocycles. The fraction of sp³-hybridized carbons (Fsp3) is 0.385. The van der Waals surface area contributed by atoms with Crippen LogP contribution in [0.2, 0.25) is 0 Å². The maximum atomic E-state index is 11.8. The number of carbonyl (C=O) groups excluding carboxylic acids is 1. The minimum absolute atomic E-state index is 0.334. The molecule has 84 valence electrons. The van der Waals surface area contributed by atoms with Gasteiger partial charge in [-0.15, -0.1) is 25.5 Å². The van der Waals surface area contributed by atoms with E-state index in [1.165, 1.54) is 0 Å². The zero-order chi connectivity index (χ0) is 12.0. The lowest BCUT2D eigenvalue weighted by molar-refractivity contribution is -0.139. The van der Waals surface area contributed by atoms with Crippen molar-refractivity contribution in [2.75, 3.05) is 0 Å². The Morgan fingerprint density at radius 2 is 2.06 bits per heavy atom. The van der Waals surface area contributed by atoms with E-state index < -0.39 is 5.54 Å². The summed E-state index contributed by atoms with van der Waals surface area (Å²) < 4.78 is 5.10. The highest BCUT2D eigenvalue weighted by atomic mass is 16.6. The lowest BCUT2D eigenvalue weighted by Crippen LogP contribution is -2.32. The molecule has 1 heterocycles. The Hall–Kier alpha value is -1.82. The average Bonchev–Trinajstić information content (AvgIpc) is 2.54. The van der Waals surface area contributed by atoms with Crippen molar-refractivity contribution in [1.82, 2.24) is 0 Å². The number of carbonyl (C=O) groups is 1. The molecule has 0 aromatic heterocycles. The number of nitrogens with zero attached hydrogens (tertiary/aromatic N) is 1. The lowest BCUT2D eigenvalue weighted by atomic mass is 9.92. The first-order valence-electron chi connectivity index (χ1n) is 5.15. The maximum absolute atomic E-state index is 11.8. The van der Waals surface area contributed by atoms with Crippen LogP contribution in [-0.4, -0.2) is 17.4 Å². The number of esters is 1. The highest BCUT2D eigenvalue weighted by Crippen LogP contribution is 2.30. The Morgan fingerprint density at radius 3 is 2.56 bits per heavy atom. The van der Waals surface area contributed by atoms with Crippen LogP contribution in [0, 0.1) is 12.3 Å². The summed E-state index contributed by atoms with van der Waals surface area (Å²) in [6.07, 6.45) is 10.4. The third-order valence-electron chi connectivity index (χ3n) is 2.38. The summed E-state index contributed by atoms with van der Waals surface area (Å²) in [7, 11) is 0. The third-order valence-corrected chi connectivity index (χ3v) is 2.38. The first-order valence-corrected chi connectivity index (χ1v) is 5.15. The summed E-state index contributed by atoms with van der Waals surface area (Å²) in [6, 6.07) is 0. The van der Waals surface area contributed by atoms with Crippen LogP contribution in [0.25, 0.3) is 0 Å². The summed E-state index contributed by atoms with van der Waals surface area (Å²) in [6.45, 7) is 7.26. The molecule has 3 heteroatoms. The number of ether oxygens (including phenoxy) is 1. The van der Waals surface area contributed by atoms with Gasteiger partial charge in [-0.2, -0.15) is 0 Å². The number of aliphatic imine (C=N–C) groups is 1. The number of hydrogen-bond acceptors (Lipinski definition) is 3. The van der Waals surface area contributed by atoms with E-state index in [1.807, 2.05) is 0 Å². The van der Waals surface area contributed by atoms with Crippen molar-refractivity contribution in [2.24, 2.45) is 4.99 Å². The fourth-order valence-electron chi connectivity index (χ4n) is 1.61. The van der Waals surface area contributed by atoms with Crippen LogP contribution in [0.4, 0.5) is 0 Å². The fourth-order valence-corrected chi connectivity index (χ4v) is 1.61. The van der Waals surface area contributed by atoms with Gasteiger partial charge in [-0.1, -0.05) is 12.2 Å². The molecule has 0 fully saturated rings. The van der Waals surface area contributed by atoms with Crippen molar-refractivity contribution < 1.29 is 9.53 Å². The van der Waals surface area contributed by atoms with E-state index in [4.69, 9.17) is 11.2 Å². The molecule has 0 aromatic carbocycles. The zero-order valence-electron chi connectivity index (χ0n) is 9.24. The maximum Gasteiger partial charge on any atom is 0.341 e. The standard InChI is InChI=1S/C13H15NO2/c1-4-7-8-11-14-13(9-5-2,10-6-3)12(15)16-11/h1,5-6H,2-3,7-10H2. The minimum atomic E-state index is -0.854. The Labute approximate surface area is 95.9 Å². The van der Waals surface area contributed by atoms with E-state index in [9.17, 15) is 4.79 Å². The van der Waals surface area contributed by atoms with Gasteiger partial charge in [-0.3, -0.25) is 0 Å². The summed E-state index contributed by atoms with van der Waals surface area (Å²) >= 11 is 0. The predicted molar refractivity (Wildman–Crippen MR) is 64.0 cm³/mol. The van der Waals surface area contributed by atoms with Crippen molar-refractivity contribution in [1.29, 1.82) is 0 Å². The second kappa shape index (κ2) is 5.32. The molecule has 0 radical (unpaired) electrons. The third kappa shape index (κ3) is 2.40. The molecule has 0 bridgehead atoms. The predicted octanol–water partition coefficient (Wildman–Crippen LogP) is 2.25. The van der Waals surface area contributed by atoms with Crippen molar-refractivity contribution in [3.63, 3.8) is 0 Å². The second-order valence-electron chi connectivity index (χ2n) is 3.62. The van der Waals surface area contributed by atoms with E-state index in [2.05, 4.69) is 24.1 Å². The second-order valence-corrected chi connectivity index (χ2v) is 3.62. The SMILES string of the molecule is C#CCCC1=NC(CC=C)(CC=C)C(=O)O1. The number of hydrogen-bond donors (Lipinski definition) is 0. The van der Waals surface area contributed by atoms with E-state index in [-0.39, 0.29) is 5.97 Å². The van der Waals surface area contributed by atoms with Gasteiger partial charge < -0.3 is 4.74 Å². The van der Waals surface area contributed by atoms with Crippen molar-refractivity contribution >= 4 is 11.9 Å². The Kier molecular flexibility index (Phi) is 4.07. The van der Waals surface area contributed by atoms with Gasteiger partial charge in [0.2, 0.25) is 0 Å². The van der Waals surface area contributed by atoms with Crippen molar-refractivity contribution in [3.8, 4) is 12.3 Å². The topological polar surface area (TPSA) is 38.7 Å². The molecular formula is C13H15NO2. The van der Waals surface area contributed by atoms with Crippen LogP contribution in [0.1, 0.15) is 25.7 Å². The molecule has 0 amide bonds. The number of cyclic esters (lactones) is 1. The first-order chi connectivity index (χ1) is 7.68. The molecule has 0 unspecified atom stereocenters. The van der Waals surface area contributed by atoms with Crippen LogP contribution in [0.15, 0.2) is 30.3 Å². The van der Waals surface area contributed by atoms with Gasteiger partial charge in [0, 0.05) is 25.7 Å². The molecule has 0 aliphatic carbocycles. The highest BCUT2D eigenvalue weighted by molar-refractivity contribution is 6.00. The van der Waals surface area contributed by atoms with Crippen LogP contribution in [-0.2, 0) is 9.53 Å². The van der Waals surface area contributed by atoms with Crippen LogP contribution in [0.5, 0.6) is 0 Å². The van der Waals surface area contributed by atoms with Gasteiger partial charge in [-0.25, -0.2) is 9.79 Å². The molecule has 0 atom stereocenters. The normalized spacial score (nSPS) is 17.2. The zero-order valence-corrected chi connectivity index (χ0v) is 9.24. The first kappa shape index (κ1) is 12.3. The average molecular weight is 217 g/mol. The van der Waals surface area contributed by atoms with Crippen molar-refractivity contribution in [3.05, 3.63) is 25.3 Å². The molecule has 0 N–H and O–H groups in total. The van der Waals surface area contributed by atoms with E-state index in [0.29, 0.717) is 31.6 Å². The van der Waals surface area contributed by atoms with E-state index in [1.54, 1.807) is 12.2 Å². The van der Waals surface area contributed by atoms with Crippen LogP contribution >= 0.6 is 0 Å². The Balaban J connectivity index is 2.87. The molecule has 16 heavy (non-hydrogen) atoms.